The van der Waals surface area contributed by atoms with Crippen LogP contribution in [0.3, 0.4) is 0 Å². The number of rotatable bonds is 7. The van der Waals surface area contributed by atoms with Gasteiger partial charge in [-0.05, 0) is 90.8 Å². The van der Waals surface area contributed by atoms with Crippen LogP contribution in [0.15, 0.2) is 35.5 Å². The number of carbonyl (C=O) groups excluding carboxylic acids is 1. The van der Waals surface area contributed by atoms with Gasteiger partial charge in [0.15, 0.2) is 21.8 Å². The number of aliphatic hydroxyl groups excluding tert-OH is 1. The van der Waals surface area contributed by atoms with Crippen LogP contribution in [0.25, 0.3) is 0 Å². The molecule has 3 rings (SSSR count). The minimum atomic E-state index is -2.01. The molecule has 0 bridgehead atoms. The molecule has 0 aromatic carbocycles. The van der Waals surface area contributed by atoms with Crippen molar-refractivity contribution < 1.29 is 18.8 Å². The van der Waals surface area contributed by atoms with Crippen LogP contribution in [-0.4, -0.2) is 50.4 Å². The van der Waals surface area contributed by atoms with E-state index in [9.17, 15) is 9.90 Å². The summed E-state index contributed by atoms with van der Waals surface area (Å²) in [6.45, 7) is 34.0. The highest BCUT2D eigenvalue weighted by Gasteiger charge is 2.55. The predicted octanol–water partition coefficient (Wildman–Crippen LogP) is 9.83. The molecule has 0 aromatic rings. The largest absolute Gasteiger partial charge is 0.413 e. The summed E-state index contributed by atoms with van der Waals surface area (Å²) in [5.41, 5.74) is 3.82. The predicted molar refractivity (Wildman–Crippen MR) is 186 cm³/mol. The number of hydrogen-bond donors (Lipinski definition) is 1. The van der Waals surface area contributed by atoms with Gasteiger partial charge in [0.1, 0.15) is 0 Å². The van der Waals surface area contributed by atoms with Crippen molar-refractivity contribution in [3.05, 3.63) is 35.5 Å². The van der Waals surface area contributed by atoms with Crippen molar-refractivity contribution in [1.29, 1.82) is 0 Å². The number of hydrogen-bond acceptors (Lipinski definition) is 5. The highest BCUT2D eigenvalue weighted by atomic mass is 32.2. The number of aliphatic hydroxyl groups is 1. The molecule has 0 radical (unpaired) electrons. The zero-order chi connectivity index (χ0) is 32.1. The molecule has 7 atom stereocenters. The summed E-state index contributed by atoms with van der Waals surface area (Å²) in [5.74, 6) is 0.468. The standard InChI is InChI=1S/C35H62O4SSi2/c1-23-27(18-17-26-16-15-19-35(10)29(26)22-30(37)32(35)24(2)40-25(3)36)20-28(38-41(11,12)33(4,5)6)21-31(23)39-42(13,14)34(7,8)9/h17-18,24,28-32,37H,1,15-16,19-22H2,2-14H3/t24-,28+,29-,30-,31-,32-,35-/m0/s1. The molecular weight excluding hydrogens is 573 g/mol. The van der Waals surface area contributed by atoms with Crippen molar-refractivity contribution >= 4 is 33.5 Å². The molecule has 0 spiro atoms. The lowest BCUT2D eigenvalue weighted by Crippen LogP contribution is -2.49. The summed E-state index contributed by atoms with van der Waals surface area (Å²) in [5, 5.41) is 11.8. The molecule has 0 aliphatic heterocycles. The van der Waals surface area contributed by atoms with Crippen LogP contribution >= 0.6 is 11.8 Å². The van der Waals surface area contributed by atoms with E-state index in [2.05, 4.69) is 100 Å². The number of carbonyl (C=O) groups is 1. The monoisotopic (exact) mass is 634 g/mol. The fraction of sp³-hybridized carbons (Fsp3) is 0.800. The van der Waals surface area contributed by atoms with Gasteiger partial charge in [-0.25, -0.2) is 0 Å². The van der Waals surface area contributed by atoms with Gasteiger partial charge in [-0.15, -0.1) is 0 Å². The topological polar surface area (TPSA) is 55.8 Å². The van der Waals surface area contributed by atoms with Crippen molar-refractivity contribution in [3.63, 3.8) is 0 Å². The van der Waals surface area contributed by atoms with Crippen LogP contribution in [0.1, 0.15) is 101 Å². The Balaban J connectivity index is 1.95. The third kappa shape index (κ3) is 7.67. The third-order valence-corrected chi connectivity index (χ3v) is 21.7. The molecule has 3 saturated carbocycles. The second-order valence-corrected chi connectivity index (χ2v) is 27.9. The second-order valence-electron chi connectivity index (χ2n) is 16.8. The van der Waals surface area contributed by atoms with E-state index in [0.717, 1.165) is 44.1 Å². The average Bonchev–Trinajstić information content (AvgIpc) is 3.08. The maximum atomic E-state index is 11.9. The molecular formula is C35H62O4SSi2. The summed E-state index contributed by atoms with van der Waals surface area (Å²) >= 11 is 1.40. The van der Waals surface area contributed by atoms with E-state index < -0.39 is 16.6 Å². The van der Waals surface area contributed by atoms with Crippen LogP contribution in [0.4, 0.5) is 0 Å². The molecule has 3 aliphatic rings. The molecule has 7 heteroatoms. The highest BCUT2D eigenvalue weighted by molar-refractivity contribution is 8.14. The first kappa shape index (κ1) is 36.0. The summed E-state index contributed by atoms with van der Waals surface area (Å²) in [7, 11) is -3.97. The molecule has 4 nitrogen and oxygen atoms in total. The molecule has 42 heavy (non-hydrogen) atoms. The maximum Gasteiger partial charge on any atom is 0.192 e. The SMILES string of the molecule is C=C1C(=CC=C2CCC[C@]3(C)[C@@H]([C@H](C)SC(C)=O)[C@@H](O)C[C@@H]23)C[C@@H](O[Si](C)(C)C(C)(C)C)C[C@@H]1O[Si](C)(C)C(C)(C)C. The van der Waals surface area contributed by atoms with Gasteiger partial charge in [-0.1, -0.05) is 91.5 Å². The van der Waals surface area contributed by atoms with Gasteiger partial charge >= 0.3 is 0 Å². The van der Waals surface area contributed by atoms with E-state index in [-0.39, 0.29) is 50.1 Å². The fourth-order valence-corrected chi connectivity index (χ4v) is 11.1. The molecule has 0 saturated heterocycles. The summed E-state index contributed by atoms with van der Waals surface area (Å²) in [4.78, 5) is 11.9. The van der Waals surface area contributed by atoms with Crippen molar-refractivity contribution in [2.45, 2.75) is 161 Å². The third-order valence-electron chi connectivity index (χ3n) is 11.7. The van der Waals surface area contributed by atoms with Gasteiger partial charge < -0.3 is 14.0 Å². The van der Waals surface area contributed by atoms with Gasteiger partial charge in [0.2, 0.25) is 0 Å². The average molecular weight is 635 g/mol. The van der Waals surface area contributed by atoms with Crippen molar-refractivity contribution in [1.82, 2.24) is 0 Å². The van der Waals surface area contributed by atoms with Crippen LogP contribution < -0.4 is 0 Å². The van der Waals surface area contributed by atoms with Crippen molar-refractivity contribution in [2.24, 2.45) is 17.3 Å². The van der Waals surface area contributed by atoms with Gasteiger partial charge in [0, 0.05) is 24.5 Å². The summed E-state index contributed by atoms with van der Waals surface area (Å²) in [6, 6.07) is 0. The van der Waals surface area contributed by atoms with Crippen molar-refractivity contribution in [2.75, 3.05) is 0 Å². The smallest absolute Gasteiger partial charge is 0.192 e. The number of thioether (sulfide) groups is 1. The Bertz CT molecular complexity index is 1080. The lowest BCUT2D eigenvalue weighted by Gasteiger charge is -2.45. The van der Waals surface area contributed by atoms with Gasteiger partial charge in [-0.3, -0.25) is 4.79 Å². The van der Waals surface area contributed by atoms with Gasteiger partial charge in [0.05, 0.1) is 18.3 Å². The highest BCUT2D eigenvalue weighted by Crippen LogP contribution is 2.59. The molecule has 1 N–H and O–H groups in total. The Morgan fingerprint density at radius 3 is 2.17 bits per heavy atom. The lowest BCUT2D eigenvalue weighted by atomic mass is 9.63. The minimum absolute atomic E-state index is 0.00933. The Hall–Kier alpha value is -0.446. The molecule has 3 aliphatic carbocycles. The summed E-state index contributed by atoms with van der Waals surface area (Å²) in [6.07, 6.45) is 10.2. The van der Waals surface area contributed by atoms with E-state index in [1.807, 2.05) is 0 Å². The molecule has 0 unspecified atom stereocenters. The van der Waals surface area contributed by atoms with E-state index in [0.29, 0.717) is 5.92 Å². The molecule has 3 fully saturated rings. The Kier molecular flexibility index (Phi) is 10.9. The van der Waals surface area contributed by atoms with E-state index in [4.69, 9.17) is 8.85 Å². The molecule has 240 valence electrons. The van der Waals surface area contributed by atoms with Crippen LogP contribution in [0.5, 0.6) is 0 Å². The van der Waals surface area contributed by atoms with E-state index in [1.54, 1.807) is 6.92 Å². The quantitative estimate of drug-likeness (QED) is 0.283. The van der Waals surface area contributed by atoms with Crippen LogP contribution in [0.2, 0.25) is 36.3 Å². The Morgan fingerprint density at radius 1 is 1.05 bits per heavy atom. The molecule has 0 amide bonds. The van der Waals surface area contributed by atoms with Crippen molar-refractivity contribution in [3.8, 4) is 0 Å². The van der Waals surface area contributed by atoms with Crippen LogP contribution in [0, 0.1) is 17.3 Å². The molecule has 0 heterocycles. The zero-order valence-electron chi connectivity index (χ0n) is 29.1. The van der Waals surface area contributed by atoms with Gasteiger partial charge in [0.25, 0.3) is 0 Å². The van der Waals surface area contributed by atoms with E-state index in [1.165, 1.54) is 22.9 Å². The Morgan fingerprint density at radius 2 is 1.62 bits per heavy atom. The minimum Gasteiger partial charge on any atom is -0.413 e. The van der Waals surface area contributed by atoms with Gasteiger partial charge in [-0.2, -0.15) is 0 Å². The van der Waals surface area contributed by atoms with E-state index >= 15 is 0 Å². The summed E-state index contributed by atoms with van der Waals surface area (Å²) < 4.78 is 14.1. The molecule has 0 aromatic heterocycles. The first-order chi connectivity index (χ1) is 19.0. The second kappa shape index (κ2) is 12.7. The normalized spacial score (nSPS) is 34.1. The van der Waals surface area contributed by atoms with Crippen LogP contribution in [-0.2, 0) is 13.6 Å². The number of allylic oxidation sites excluding steroid dienone is 3. The fourth-order valence-electron chi connectivity index (χ4n) is 7.24. The Labute approximate surface area is 264 Å². The zero-order valence-corrected chi connectivity index (χ0v) is 32.0. The lowest BCUT2D eigenvalue weighted by molar-refractivity contribution is -0.109. The first-order valence-electron chi connectivity index (χ1n) is 16.3. The number of fused-ring (bicyclic) bond motifs is 1. The first-order valence-corrected chi connectivity index (χ1v) is 23.0. The maximum absolute atomic E-state index is 11.9.